The number of nitrogens with one attached hydrogen (secondary N) is 3. The average Bonchev–Trinajstić information content (AvgIpc) is 2.61. The van der Waals surface area contributed by atoms with Crippen molar-refractivity contribution in [2.75, 3.05) is 16.0 Å². The second-order valence-corrected chi connectivity index (χ2v) is 5.49. The summed E-state index contributed by atoms with van der Waals surface area (Å²) in [6.45, 7) is 2.17. The van der Waals surface area contributed by atoms with Gasteiger partial charge < -0.3 is 16.0 Å². The number of nitrogens with zero attached hydrogens (tertiary/aromatic N) is 2. The minimum Gasteiger partial charge on any atom is -0.366 e. The molecule has 3 N–H and O–H groups in total. The smallest absolute Gasteiger partial charge is 0.229 e. The van der Waals surface area contributed by atoms with Crippen LogP contribution in [0.25, 0.3) is 0 Å². The van der Waals surface area contributed by atoms with Gasteiger partial charge >= 0.3 is 0 Å². The Balaban J connectivity index is 1.66. The molecule has 1 amide bonds. The minimum absolute atomic E-state index is 0.111. The van der Waals surface area contributed by atoms with Crippen LogP contribution in [0.3, 0.4) is 0 Å². The third kappa shape index (κ3) is 5.04. The molecule has 0 saturated carbocycles. The molecule has 0 spiro atoms. The molecule has 3 rings (SSSR count). The van der Waals surface area contributed by atoms with E-state index in [0.29, 0.717) is 12.5 Å². The van der Waals surface area contributed by atoms with E-state index in [1.54, 1.807) is 6.20 Å². The zero-order valence-corrected chi connectivity index (χ0v) is 13.9. The lowest BCUT2D eigenvalue weighted by Gasteiger charge is -2.09. The van der Waals surface area contributed by atoms with Crippen LogP contribution in [0, 0.1) is 0 Å². The molecule has 126 valence electrons. The Morgan fingerprint density at radius 2 is 1.80 bits per heavy atom. The van der Waals surface area contributed by atoms with E-state index in [4.69, 9.17) is 0 Å². The zero-order valence-electron chi connectivity index (χ0n) is 13.9. The summed E-state index contributed by atoms with van der Waals surface area (Å²) in [6.07, 6.45) is 1.69. The number of amides is 1. The van der Waals surface area contributed by atoms with E-state index in [-0.39, 0.29) is 5.91 Å². The molecule has 2 aromatic carbocycles. The molecule has 3 aromatic rings. The summed E-state index contributed by atoms with van der Waals surface area (Å²) in [5, 5.41) is 9.17. The van der Waals surface area contributed by atoms with E-state index in [9.17, 15) is 4.79 Å². The van der Waals surface area contributed by atoms with Crippen molar-refractivity contribution in [3.8, 4) is 0 Å². The molecule has 0 bridgehead atoms. The molecule has 1 heterocycles. The first-order valence-electron chi connectivity index (χ1n) is 7.94. The van der Waals surface area contributed by atoms with Crippen molar-refractivity contribution < 1.29 is 4.79 Å². The maximum Gasteiger partial charge on any atom is 0.229 e. The Morgan fingerprint density at radius 3 is 2.60 bits per heavy atom. The zero-order chi connectivity index (χ0) is 17.5. The number of hydrogen-bond acceptors (Lipinski definition) is 5. The van der Waals surface area contributed by atoms with Crippen molar-refractivity contribution in [3.05, 3.63) is 72.4 Å². The van der Waals surface area contributed by atoms with Gasteiger partial charge in [-0.1, -0.05) is 36.4 Å². The van der Waals surface area contributed by atoms with Crippen LogP contribution in [0.2, 0.25) is 0 Å². The number of carbonyl (C=O) groups is 1. The molecule has 0 aliphatic heterocycles. The molecule has 0 radical (unpaired) electrons. The first kappa shape index (κ1) is 16.4. The maximum atomic E-state index is 11.2. The molecular formula is C19H19N5O. The van der Waals surface area contributed by atoms with Crippen LogP contribution in [0.15, 0.2) is 66.9 Å². The van der Waals surface area contributed by atoms with Crippen LogP contribution < -0.4 is 16.0 Å². The van der Waals surface area contributed by atoms with E-state index < -0.39 is 0 Å². The molecule has 0 fully saturated rings. The summed E-state index contributed by atoms with van der Waals surface area (Å²) in [5.41, 5.74) is 2.70. The summed E-state index contributed by atoms with van der Waals surface area (Å²) < 4.78 is 0. The number of hydrogen-bond donors (Lipinski definition) is 3. The fourth-order valence-corrected chi connectivity index (χ4v) is 2.31. The fraction of sp³-hybridized carbons (Fsp3) is 0.105. The number of benzene rings is 2. The lowest BCUT2D eigenvalue weighted by atomic mass is 10.2. The van der Waals surface area contributed by atoms with Gasteiger partial charge in [-0.15, -0.1) is 0 Å². The summed E-state index contributed by atoms with van der Waals surface area (Å²) in [5.74, 6) is 1.11. The Labute approximate surface area is 146 Å². The molecule has 6 heteroatoms. The summed E-state index contributed by atoms with van der Waals surface area (Å²) in [4.78, 5) is 19.8. The Hall–Kier alpha value is -3.41. The highest BCUT2D eigenvalue weighted by Crippen LogP contribution is 2.19. The summed E-state index contributed by atoms with van der Waals surface area (Å²) >= 11 is 0. The van der Waals surface area contributed by atoms with Gasteiger partial charge in [-0.05, 0) is 29.8 Å². The Bertz CT molecular complexity index is 851. The van der Waals surface area contributed by atoms with E-state index in [2.05, 4.69) is 38.1 Å². The van der Waals surface area contributed by atoms with Gasteiger partial charge in [-0.2, -0.15) is 4.98 Å². The highest BCUT2D eigenvalue weighted by molar-refractivity contribution is 5.89. The number of aromatic nitrogens is 2. The molecule has 0 saturated heterocycles. The predicted molar refractivity (Wildman–Crippen MR) is 99.8 cm³/mol. The molecule has 0 unspecified atom stereocenters. The largest absolute Gasteiger partial charge is 0.366 e. The van der Waals surface area contributed by atoms with E-state index >= 15 is 0 Å². The molecule has 0 atom stereocenters. The van der Waals surface area contributed by atoms with Crippen LogP contribution in [0.5, 0.6) is 0 Å². The first-order valence-corrected chi connectivity index (χ1v) is 7.94. The predicted octanol–water partition coefficient (Wildman–Crippen LogP) is 3.79. The number of rotatable bonds is 6. The Morgan fingerprint density at radius 1 is 1.00 bits per heavy atom. The minimum atomic E-state index is -0.111. The van der Waals surface area contributed by atoms with Crippen molar-refractivity contribution in [3.63, 3.8) is 0 Å². The second kappa shape index (κ2) is 7.92. The van der Waals surface area contributed by atoms with Crippen LogP contribution >= 0.6 is 0 Å². The van der Waals surface area contributed by atoms with Crippen molar-refractivity contribution in [1.29, 1.82) is 0 Å². The Kier molecular flexibility index (Phi) is 5.21. The topological polar surface area (TPSA) is 78.9 Å². The van der Waals surface area contributed by atoms with Gasteiger partial charge in [-0.25, -0.2) is 4.98 Å². The molecule has 0 aliphatic carbocycles. The monoisotopic (exact) mass is 333 g/mol. The van der Waals surface area contributed by atoms with Crippen LogP contribution in [-0.2, 0) is 11.3 Å². The first-order chi connectivity index (χ1) is 12.2. The molecule has 25 heavy (non-hydrogen) atoms. The summed E-state index contributed by atoms with van der Waals surface area (Å²) in [7, 11) is 0. The van der Waals surface area contributed by atoms with Crippen LogP contribution in [0.4, 0.5) is 23.1 Å². The fourth-order valence-electron chi connectivity index (χ4n) is 2.31. The summed E-state index contributed by atoms with van der Waals surface area (Å²) in [6, 6.07) is 19.3. The van der Waals surface area contributed by atoms with Crippen LogP contribution in [0.1, 0.15) is 12.5 Å². The highest BCUT2D eigenvalue weighted by Gasteiger charge is 2.02. The molecule has 6 nitrogen and oxygen atoms in total. The van der Waals surface area contributed by atoms with E-state index in [1.807, 2.05) is 48.5 Å². The molecular weight excluding hydrogens is 314 g/mol. The second-order valence-electron chi connectivity index (χ2n) is 5.49. The lowest BCUT2D eigenvalue weighted by molar-refractivity contribution is -0.114. The SMILES string of the molecule is CC(=O)Nc1cccc(Nc2nccc(NCc3ccccc3)n2)c1. The quantitative estimate of drug-likeness (QED) is 0.639. The molecule has 0 aliphatic rings. The number of anilines is 4. The van der Waals surface area contributed by atoms with Gasteiger partial charge in [0.1, 0.15) is 5.82 Å². The number of carbonyl (C=O) groups excluding carboxylic acids is 1. The average molecular weight is 333 g/mol. The highest BCUT2D eigenvalue weighted by atomic mass is 16.1. The molecule has 1 aromatic heterocycles. The van der Waals surface area contributed by atoms with Crippen LogP contribution in [-0.4, -0.2) is 15.9 Å². The van der Waals surface area contributed by atoms with Gasteiger partial charge in [0.25, 0.3) is 0 Å². The van der Waals surface area contributed by atoms with Crippen molar-refractivity contribution in [1.82, 2.24) is 9.97 Å². The van der Waals surface area contributed by atoms with Crippen molar-refractivity contribution in [2.24, 2.45) is 0 Å². The lowest BCUT2D eigenvalue weighted by Crippen LogP contribution is -2.06. The van der Waals surface area contributed by atoms with Gasteiger partial charge in [0.15, 0.2) is 0 Å². The van der Waals surface area contributed by atoms with Gasteiger partial charge in [-0.3, -0.25) is 4.79 Å². The van der Waals surface area contributed by atoms with Gasteiger partial charge in [0.2, 0.25) is 11.9 Å². The van der Waals surface area contributed by atoms with Crippen molar-refractivity contribution in [2.45, 2.75) is 13.5 Å². The third-order valence-corrected chi connectivity index (χ3v) is 3.41. The van der Waals surface area contributed by atoms with Gasteiger partial charge in [0, 0.05) is 31.0 Å². The maximum absolute atomic E-state index is 11.2. The third-order valence-electron chi connectivity index (χ3n) is 3.41. The van der Waals surface area contributed by atoms with Gasteiger partial charge in [0.05, 0.1) is 0 Å². The normalized spacial score (nSPS) is 10.1. The van der Waals surface area contributed by atoms with Crippen molar-refractivity contribution >= 4 is 29.0 Å². The standard InChI is InChI=1S/C19H19N5O/c1-14(25)22-16-8-5-9-17(12-16)23-19-20-11-10-18(24-19)21-13-15-6-3-2-4-7-15/h2-12H,13H2,1H3,(H,22,25)(H2,20,21,23,24). The van der Waals surface area contributed by atoms with E-state index in [1.165, 1.54) is 12.5 Å². The van der Waals surface area contributed by atoms with E-state index in [0.717, 1.165) is 17.2 Å².